The number of hydrogen-bond donors (Lipinski definition) is 2. The summed E-state index contributed by atoms with van der Waals surface area (Å²) in [6.45, 7) is 2.28. The van der Waals surface area contributed by atoms with Crippen molar-refractivity contribution in [3.8, 4) is 0 Å². The lowest BCUT2D eigenvalue weighted by Gasteiger charge is -2.16. The average molecular weight is 241 g/mol. The summed E-state index contributed by atoms with van der Waals surface area (Å²) in [5, 5.41) is 2.66. The van der Waals surface area contributed by atoms with Gasteiger partial charge in [-0.2, -0.15) is 0 Å². The SMILES string of the molecule is CCC(COC)NC(=O)c1ccnc(N)c1F. The van der Waals surface area contributed by atoms with E-state index in [1.54, 1.807) is 7.11 Å². The molecule has 1 rings (SSSR count). The van der Waals surface area contributed by atoms with Crippen LogP contribution in [0.3, 0.4) is 0 Å². The molecule has 6 heteroatoms. The number of nitrogens with zero attached hydrogens (tertiary/aromatic N) is 1. The van der Waals surface area contributed by atoms with Crippen molar-refractivity contribution in [2.75, 3.05) is 19.5 Å². The summed E-state index contributed by atoms with van der Waals surface area (Å²) in [4.78, 5) is 15.3. The second-order valence-electron chi connectivity index (χ2n) is 3.59. The summed E-state index contributed by atoms with van der Waals surface area (Å²) < 4.78 is 18.5. The number of halogens is 1. The van der Waals surface area contributed by atoms with Crippen LogP contribution in [-0.2, 0) is 4.74 Å². The number of hydrogen-bond acceptors (Lipinski definition) is 4. The molecule has 5 nitrogen and oxygen atoms in total. The molecule has 1 aromatic rings. The van der Waals surface area contributed by atoms with Gasteiger partial charge in [-0.3, -0.25) is 4.79 Å². The summed E-state index contributed by atoms with van der Waals surface area (Å²) in [7, 11) is 1.54. The van der Waals surface area contributed by atoms with Gasteiger partial charge in [0.05, 0.1) is 18.2 Å². The Bertz CT molecular complexity index is 398. The molecular weight excluding hydrogens is 225 g/mol. The first kappa shape index (κ1) is 13.4. The average Bonchev–Trinajstić information content (AvgIpc) is 2.31. The molecule has 0 saturated heterocycles. The third-order valence-corrected chi connectivity index (χ3v) is 2.36. The second kappa shape index (κ2) is 6.15. The van der Waals surface area contributed by atoms with Crippen molar-refractivity contribution in [2.24, 2.45) is 0 Å². The first-order chi connectivity index (χ1) is 8.10. The predicted octanol–water partition coefficient (Wildman–Crippen LogP) is 0.958. The van der Waals surface area contributed by atoms with E-state index in [-0.39, 0.29) is 17.4 Å². The van der Waals surface area contributed by atoms with Crippen LogP contribution in [0.15, 0.2) is 12.3 Å². The number of aromatic nitrogens is 1. The van der Waals surface area contributed by atoms with Gasteiger partial charge in [0.15, 0.2) is 11.6 Å². The largest absolute Gasteiger partial charge is 0.383 e. The van der Waals surface area contributed by atoms with Gasteiger partial charge in [0, 0.05) is 13.3 Å². The zero-order valence-electron chi connectivity index (χ0n) is 9.87. The van der Waals surface area contributed by atoms with Crippen LogP contribution in [-0.4, -0.2) is 30.6 Å². The topological polar surface area (TPSA) is 77.2 Å². The number of anilines is 1. The van der Waals surface area contributed by atoms with Crippen molar-refractivity contribution < 1.29 is 13.9 Å². The van der Waals surface area contributed by atoms with E-state index in [9.17, 15) is 9.18 Å². The van der Waals surface area contributed by atoms with Gasteiger partial charge in [-0.15, -0.1) is 0 Å². The van der Waals surface area contributed by atoms with Crippen LogP contribution in [0.4, 0.5) is 10.2 Å². The van der Waals surface area contributed by atoms with Gasteiger partial charge in [0.2, 0.25) is 0 Å². The molecule has 1 atom stereocenters. The number of amides is 1. The fourth-order valence-corrected chi connectivity index (χ4v) is 1.36. The normalized spacial score (nSPS) is 12.2. The molecule has 0 spiro atoms. The van der Waals surface area contributed by atoms with E-state index in [2.05, 4.69) is 10.3 Å². The molecule has 1 amide bonds. The molecule has 1 heterocycles. The molecule has 0 bridgehead atoms. The molecule has 0 aliphatic carbocycles. The highest BCUT2D eigenvalue weighted by molar-refractivity contribution is 5.95. The molecule has 3 N–H and O–H groups in total. The van der Waals surface area contributed by atoms with Gasteiger partial charge in [0.1, 0.15) is 0 Å². The van der Waals surface area contributed by atoms with Gasteiger partial charge in [-0.25, -0.2) is 9.37 Å². The van der Waals surface area contributed by atoms with Crippen molar-refractivity contribution in [1.82, 2.24) is 10.3 Å². The number of carbonyl (C=O) groups is 1. The van der Waals surface area contributed by atoms with Gasteiger partial charge in [0.25, 0.3) is 5.91 Å². The first-order valence-corrected chi connectivity index (χ1v) is 5.29. The maximum absolute atomic E-state index is 13.5. The molecule has 1 aromatic heterocycles. The number of nitrogen functional groups attached to an aromatic ring is 1. The Labute approximate surface area is 99.2 Å². The number of carbonyl (C=O) groups excluding carboxylic acids is 1. The van der Waals surface area contributed by atoms with Crippen LogP contribution in [0.2, 0.25) is 0 Å². The van der Waals surface area contributed by atoms with Gasteiger partial charge in [-0.05, 0) is 12.5 Å². The molecule has 1 unspecified atom stereocenters. The number of ether oxygens (including phenoxy) is 1. The zero-order valence-corrected chi connectivity index (χ0v) is 9.87. The van der Waals surface area contributed by atoms with E-state index in [1.807, 2.05) is 6.92 Å². The van der Waals surface area contributed by atoms with Gasteiger partial charge >= 0.3 is 0 Å². The highest BCUT2D eigenvalue weighted by atomic mass is 19.1. The minimum Gasteiger partial charge on any atom is -0.383 e. The molecule has 0 fully saturated rings. The molecule has 17 heavy (non-hydrogen) atoms. The monoisotopic (exact) mass is 241 g/mol. The molecule has 0 aromatic carbocycles. The van der Waals surface area contributed by atoms with Gasteiger partial charge in [-0.1, -0.05) is 6.92 Å². The van der Waals surface area contributed by atoms with Crippen LogP contribution in [0.5, 0.6) is 0 Å². The quantitative estimate of drug-likeness (QED) is 0.804. The van der Waals surface area contributed by atoms with Crippen LogP contribution < -0.4 is 11.1 Å². The minimum atomic E-state index is -0.794. The van der Waals surface area contributed by atoms with Crippen molar-refractivity contribution in [1.29, 1.82) is 0 Å². The Morgan fingerprint density at radius 1 is 1.71 bits per heavy atom. The van der Waals surface area contributed by atoms with E-state index in [0.717, 1.165) is 0 Å². The molecule has 0 saturated carbocycles. The van der Waals surface area contributed by atoms with Crippen LogP contribution in [0, 0.1) is 5.82 Å². The summed E-state index contributed by atoms with van der Waals surface area (Å²) in [6.07, 6.45) is 1.99. The van der Waals surface area contributed by atoms with Crippen LogP contribution in [0.25, 0.3) is 0 Å². The number of nitrogens with two attached hydrogens (primary N) is 1. The zero-order chi connectivity index (χ0) is 12.8. The highest BCUT2D eigenvalue weighted by Gasteiger charge is 2.17. The van der Waals surface area contributed by atoms with Crippen LogP contribution >= 0.6 is 0 Å². The maximum Gasteiger partial charge on any atom is 0.254 e. The number of rotatable bonds is 5. The first-order valence-electron chi connectivity index (χ1n) is 5.29. The molecule has 94 valence electrons. The van der Waals surface area contributed by atoms with E-state index >= 15 is 0 Å². The highest BCUT2D eigenvalue weighted by Crippen LogP contribution is 2.11. The second-order valence-corrected chi connectivity index (χ2v) is 3.59. The smallest absolute Gasteiger partial charge is 0.254 e. The Morgan fingerprint density at radius 2 is 2.41 bits per heavy atom. The standard InChI is InChI=1S/C11H16FN3O2/c1-3-7(6-17-2)15-11(16)8-4-5-14-10(13)9(8)12/h4-5,7H,3,6H2,1-2H3,(H2,13,14)(H,15,16). The lowest BCUT2D eigenvalue weighted by molar-refractivity contribution is 0.0890. The van der Waals surface area contributed by atoms with Crippen molar-refractivity contribution in [3.63, 3.8) is 0 Å². The summed E-state index contributed by atoms with van der Waals surface area (Å²) in [6, 6.07) is 1.14. The predicted molar refractivity (Wildman–Crippen MR) is 62.0 cm³/mol. The molecule has 0 aliphatic rings. The maximum atomic E-state index is 13.5. The van der Waals surface area contributed by atoms with Crippen molar-refractivity contribution >= 4 is 11.7 Å². The van der Waals surface area contributed by atoms with Crippen molar-refractivity contribution in [3.05, 3.63) is 23.6 Å². The fraction of sp³-hybridized carbons (Fsp3) is 0.455. The third-order valence-electron chi connectivity index (χ3n) is 2.36. The van der Waals surface area contributed by atoms with E-state index in [0.29, 0.717) is 13.0 Å². The number of methoxy groups -OCH3 is 1. The fourth-order valence-electron chi connectivity index (χ4n) is 1.36. The Kier molecular flexibility index (Phi) is 4.84. The molecule has 0 aliphatic heterocycles. The number of pyridine rings is 1. The summed E-state index contributed by atoms with van der Waals surface area (Å²) in [5.74, 6) is -1.59. The van der Waals surface area contributed by atoms with E-state index in [4.69, 9.17) is 10.5 Å². The Morgan fingerprint density at radius 3 is 3.00 bits per heavy atom. The minimum absolute atomic E-state index is 0.105. The Balaban J connectivity index is 2.79. The third kappa shape index (κ3) is 3.39. The molecule has 0 radical (unpaired) electrons. The van der Waals surface area contributed by atoms with Crippen molar-refractivity contribution in [2.45, 2.75) is 19.4 Å². The molecular formula is C11H16FN3O2. The van der Waals surface area contributed by atoms with Crippen LogP contribution in [0.1, 0.15) is 23.7 Å². The van der Waals surface area contributed by atoms with Gasteiger partial charge < -0.3 is 15.8 Å². The van der Waals surface area contributed by atoms with E-state index < -0.39 is 11.7 Å². The van der Waals surface area contributed by atoms with E-state index in [1.165, 1.54) is 12.3 Å². The summed E-state index contributed by atoms with van der Waals surface area (Å²) in [5.41, 5.74) is 5.19. The Hall–Kier alpha value is -1.69. The lowest BCUT2D eigenvalue weighted by atomic mass is 10.2. The number of nitrogens with one attached hydrogen (secondary N) is 1. The lowest BCUT2D eigenvalue weighted by Crippen LogP contribution is -2.38. The summed E-state index contributed by atoms with van der Waals surface area (Å²) >= 11 is 0.